The van der Waals surface area contributed by atoms with Crippen molar-refractivity contribution in [1.82, 2.24) is 5.32 Å². The lowest BCUT2D eigenvalue weighted by Crippen LogP contribution is -2.30. The predicted molar refractivity (Wildman–Crippen MR) is 76.5 cm³/mol. The third-order valence-electron chi connectivity index (χ3n) is 1.72. The number of nitrogens with one attached hydrogen (secondary N) is 1. The van der Waals surface area contributed by atoms with E-state index >= 15 is 0 Å². The van der Waals surface area contributed by atoms with Crippen LogP contribution in [-0.2, 0) is 4.79 Å². The number of hydrogen-bond acceptors (Lipinski definition) is 3. The summed E-state index contributed by atoms with van der Waals surface area (Å²) in [6.07, 6.45) is 0. The topological polar surface area (TPSA) is 55.1 Å². The van der Waals surface area contributed by atoms with E-state index in [1.807, 2.05) is 0 Å². The molecular formula is C10H13Cl3N2OS. The summed E-state index contributed by atoms with van der Waals surface area (Å²) >= 11 is 13.1. The molecule has 0 atom stereocenters. The van der Waals surface area contributed by atoms with Gasteiger partial charge in [-0.15, -0.1) is 24.2 Å². The quantitative estimate of drug-likeness (QED) is 0.821. The van der Waals surface area contributed by atoms with Crippen molar-refractivity contribution in [2.75, 3.05) is 18.8 Å². The van der Waals surface area contributed by atoms with Crippen molar-refractivity contribution < 1.29 is 4.79 Å². The monoisotopic (exact) mass is 314 g/mol. The Kier molecular flexibility index (Phi) is 8.82. The molecule has 0 radical (unpaired) electrons. The molecule has 3 nitrogen and oxygen atoms in total. The number of halogens is 3. The minimum absolute atomic E-state index is 0. The van der Waals surface area contributed by atoms with E-state index in [1.54, 1.807) is 18.2 Å². The van der Waals surface area contributed by atoms with Crippen molar-refractivity contribution in [3.63, 3.8) is 0 Å². The number of carbonyl (C=O) groups excluding carboxylic acids is 1. The van der Waals surface area contributed by atoms with Gasteiger partial charge in [0.1, 0.15) is 0 Å². The first kappa shape index (κ1) is 16.9. The number of nitrogens with two attached hydrogens (primary N) is 1. The molecule has 0 aromatic heterocycles. The highest BCUT2D eigenvalue weighted by molar-refractivity contribution is 8.00. The van der Waals surface area contributed by atoms with Crippen LogP contribution >= 0.6 is 47.4 Å². The number of hydrogen-bond donors (Lipinski definition) is 2. The highest BCUT2D eigenvalue weighted by Gasteiger charge is 2.05. The van der Waals surface area contributed by atoms with E-state index in [1.165, 1.54) is 11.8 Å². The van der Waals surface area contributed by atoms with Crippen molar-refractivity contribution in [3.8, 4) is 0 Å². The van der Waals surface area contributed by atoms with E-state index in [4.69, 9.17) is 28.9 Å². The number of amides is 1. The smallest absolute Gasteiger partial charge is 0.230 e. The van der Waals surface area contributed by atoms with Gasteiger partial charge >= 0.3 is 0 Å². The molecular weight excluding hydrogens is 303 g/mol. The average Bonchev–Trinajstić information content (AvgIpc) is 2.27. The Labute approximate surface area is 121 Å². The van der Waals surface area contributed by atoms with E-state index in [2.05, 4.69) is 5.32 Å². The van der Waals surface area contributed by atoms with Gasteiger partial charge in [0.25, 0.3) is 0 Å². The number of carbonyl (C=O) groups is 1. The lowest BCUT2D eigenvalue weighted by atomic mass is 10.4. The molecule has 1 amide bonds. The Bertz CT molecular complexity index is 377. The summed E-state index contributed by atoms with van der Waals surface area (Å²) in [6, 6.07) is 5.16. The summed E-state index contributed by atoms with van der Waals surface area (Å²) in [7, 11) is 0. The second-order valence-electron chi connectivity index (χ2n) is 3.00. The molecule has 0 saturated heterocycles. The van der Waals surface area contributed by atoms with E-state index in [0.29, 0.717) is 28.9 Å². The zero-order valence-corrected chi connectivity index (χ0v) is 12.1. The normalized spacial score (nSPS) is 9.59. The molecule has 1 aromatic rings. The fourth-order valence-electron chi connectivity index (χ4n) is 0.994. The molecule has 3 N–H and O–H groups in total. The van der Waals surface area contributed by atoms with Gasteiger partial charge < -0.3 is 11.1 Å². The third kappa shape index (κ3) is 6.38. The molecule has 0 spiro atoms. The van der Waals surface area contributed by atoms with Crippen LogP contribution in [-0.4, -0.2) is 24.7 Å². The maximum atomic E-state index is 11.3. The van der Waals surface area contributed by atoms with Crippen LogP contribution in [0.15, 0.2) is 23.1 Å². The predicted octanol–water partition coefficient (Wildman–Crippen LogP) is 2.58. The molecule has 1 aromatic carbocycles. The number of rotatable bonds is 5. The fraction of sp³-hybridized carbons (Fsp3) is 0.300. The van der Waals surface area contributed by atoms with Gasteiger partial charge in [0.2, 0.25) is 5.91 Å². The Morgan fingerprint density at radius 1 is 1.41 bits per heavy atom. The Morgan fingerprint density at radius 3 is 2.76 bits per heavy atom. The Hall–Kier alpha value is -0.130. The van der Waals surface area contributed by atoms with Gasteiger partial charge in [-0.2, -0.15) is 0 Å². The Morgan fingerprint density at radius 2 is 2.12 bits per heavy atom. The Balaban J connectivity index is 0.00000256. The van der Waals surface area contributed by atoms with Crippen LogP contribution in [0.5, 0.6) is 0 Å². The zero-order valence-electron chi connectivity index (χ0n) is 8.91. The molecule has 0 fully saturated rings. The molecule has 0 heterocycles. The molecule has 1 rings (SSSR count). The van der Waals surface area contributed by atoms with Crippen LogP contribution in [0, 0.1) is 0 Å². The second-order valence-corrected chi connectivity index (χ2v) is 4.86. The van der Waals surface area contributed by atoms with Gasteiger partial charge in [-0.3, -0.25) is 4.79 Å². The summed E-state index contributed by atoms with van der Waals surface area (Å²) in [4.78, 5) is 12.1. The molecule has 17 heavy (non-hydrogen) atoms. The maximum Gasteiger partial charge on any atom is 0.230 e. The van der Waals surface area contributed by atoms with Gasteiger partial charge in [0, 0.05) is 23.0 Å². The second kappa shape index (κ2) is 8.89. The molecule has 0 aliphatic heterocycles. The summed E-state index contributed by atoms with van der Waals surface area (Å²) < 4.78 is 0. The number of benzene rings is 1. The fourth-order valence-corrected chi connectivity index (χ4v) is 2.32. The van der Waals surface area contributed by atoms with E-state index in [-0.39, 0.29) is 18.3 Å². The third-order valence-corrected chi connectivity index (χ3v) is 3.45. The lowest BCUT2D eigenvalue weighted by Gasteiger charge is -2.05. The molecule has 0 aliphatic carbocycles. The van der Waals surface area contributed by atoms with Crippen LogP contribution in [0.3, 0.4) is 0 Å². The maximum absolute atomic E-state index is 11.3. The van der Waals surface area contributed by atoms with Crippen LogP contribution in [0.4, 0.5) is 0 Å². The van der Waals surface area contributed by atoms with Gasteiger partial charge in [0.15, 0.2) is 0 Å². The summed E-state index contributed by atoms with van der Waals surface area (Å²) in [6.45, 7) is 0.928. The highest BCUT2D eigenvalue weighted by Crippen LogP contribution is 2.29. The summed E-state index contributed by atoms with van der Waals surface area (Å²) in [5.74, 6) is 0.242. The molecule has 96 valence electrons. The van der Waals surface area contributed by atoms with Gasteiger partial charge in [0.05, 0.1) is 10.8 Å². The van der Waals surface area contributed by atoms with Gasteiger partial charge in [-0.25, -0.2) is 0 Å². The average molecular weight is 316 g/mol. The van der Waals surface area contributed by atoms with E-state index in [9.17, 15) is 4.79 Å². The standard InChI is InChI=1S/C10H12Cl2N2OS.ClH/c11-7-1-2-8(12)9(5-7)16-6-10(15)14-4-3-13;/h1-2,5H,3-4,6,13H2,(H,14,15);1H. The molecule has 0 unspecified atom stereocenters. The van der Waals surface area contributed by atoms with Crippen LogP contribution in [0.25, 0.3) is 0 Å². The van der Waals surface area contributed by atoms with Gasteiger partial charge in [-0.1, -0.05) is 23.2 Å². The highest BCUT2D eigenvalue weighted by atomic mass is 35.5. The van der Waals surface area contributed by atoms with Crippen molar-refractivity contribution in [1.29, 1.82) is 0 Å². The van der Waals surface area contributed by atoms with Crippen molar-refractivity contribution in [3.05, 3.63) is 28.2 Å². The lowest BCUT2D eigenvalue weighted by molar-refractivity contribution is -0.118. The molecule has 7 heteroatoms. The first-order valence-corrected chi connectivity index (χ1v) is 6.42. The SMILES string of the molecule is Cl.NCCNC(=O)CSc1cc(Cl)ccc1Cl. The number of thioether (sulfide) groups is 1. The van der Waals surface area contributed by atoms with Crippen molar-refractivity contribution in [2.24, 2.45) is 5.73 Å². The zero-order chi connectivity index (χ0) is 12.0. The molecule has 0 saturated carbocycles. The first-order valence-electron chi connectivity index (χ1n) is 4.68. The van der Waals surface area contributed by atoms with Crippen LogP contribution in [0.2, 0.25) is 10.0 Å². The van der Waals surface area contributed by atoms with E-state index < -0.39 is 0 Å². The van der Waals surface area contributed by atoms with E-state index in [0.717, 1.165) is 4.90 Å². The molecule has 0 aliphatic rings. The molecule has 0 bridgehead atoms. The van der Waals surface area contributed by atoms with Gasteiger partial charge in [-0.05, 0) is 18.2 Å². The summed E-state index contributed by atoms with van der Waals surface area (Å²) in [5, 5.41) is 3.88. The minimum atomic E-state index is -0.0634. The largest absolute Gasteiger partial charge is 0.354 e. The minimum Gasteiger partial charge on any atom is -0.354 e. The first-order chi connectivity index (χ1) is 7.63. The van der Waals surface area contributed by atoms with Crippen molar-refractivity contribution >= 4 is 53.3 Å². The summed E-state index contributed by atoms with van der Waals surface area (Å²) in [5.41, 5.74) is 5.27. The van der Waals surface area contributed by atoms with Crippen LogP contribution < -0.4 is 11.1 Å². The van der Waals surface area contributed by atoms with Crippen molar-refractivity contribution in [2.45, 2.75) is 4.90 Å². The van der Waals surface area contributed by atoms with Crippen LogP contribution in [0.1, 0.15) is 0 Å².